The molecule has 0 amide bonds. The first kappa shape index (κ1) is 18.0. The minimum absolute atomic E-state index is 0.384. The summed E-state index contributed by atoms with van der Waals surface area (Å²) in [5.74, 6) is 2.16. The minimum atomic E-state index is 0.384. The van der Waals surface area contributed by atoms with Crippen molar-refractivity contribution in [3.8, 4) is 22.9 Å². The van der Waals surface area contributed by atoms with E-state index in [1.54, 1.807) is 25.8 Å². The monoisotopic (exact) mass is 374 g/mol. The molecule has 7 nitrogen and oxygen atoms in total. The number of pyridine rings is 1. The summed E-state index contributed by atoms with van der Waals surface area (Å²) in [5, 5.41) is 18.0. The number of hydrogen-bond acceptors (Lipinski definition) is 6. The molecule has 0 spiro atoms. The van der Waals surface area contributed by atoms with Crippen molar-refractivity contribution < 1.29 is 4.74 Å². The SMILES string of the molecule is COc1ccncc1-c1cccc(C#N)c1N1CCC(c2nncn2C)CC1. The first-order chi connectivity index (χ1) is 13.7. The second kappa shape index (κ2) is 7.69. The van der Waals surface area contributed by atoms with Crippen LogP contribution in [0.5, 0.6) is 5.75 Å². The third-order valence-electron chi connectivity index (χ3n) is 5.37. The van der Waals surface area contributed by atoms with Crippen LogP contribution in [0.25, 0.3) is 11.1 Å². The molecular formula is C21H22N6O. The van der Waals surface area contributed by atoms with Crippen molar-refractivity contribution in [2.24, 2.45) is 7.05 Å². The normalized spacial score (nSPS) is 14.7. The lowest BCUT2D eigenvalue weighted by Crippen LogP contribution is -2.34. The number of nitrogens with zero attached hydrogens (tertiary/aromatic N) is 6. The molecule has 1 fully saturated rings. The predicted molar refractivity (Wildman–Crippen MR) is 106 cm³/mol. The molecule has 3 heterocycles. The number of aromatic nitrogens is 4. The van der Waals surface area contributed by atoms with Crippen LogP contribution in [0.3, 0.4) is 0 Å². The predicted octanol–water partition coefficient (Wildman–Crippen LogP) is 3.14. The van der Waals surface area contributed by atoms with E-state index in [4.69, 9.17) is 4.74 Å². The Morgan fingerprint density at radius 2 is 2.00 bits per heavy atom. The quantitative estimate of drug-likeness (QED) is 0.698. The molecule has 7 heteroatoms. The van der Waals surface area contributed by atoms with Crippen LogP contribution in [0.15, 0.2) is 43.0 Å². The largest absolute Gasteiger partial charge is 0.496 e. The van der Waals surface area contributed by atoms with Crippen LogP contribution in [-0.2, 0) is 7.05 Å². The van der Waals surface area contributed by atoms with E-state index < -0.39 is 0 Å². The number of nitriles is 1. The standard InChI is InChI=1S/C21H22N6O/c1-26-14-24-25-21(26)15-7-10-27(11-8-15)20-16(12-22)4-3-5-17(20)18-13-23-9-6-19(18)28-2/h3-6,9,13-15H,7-8,10-11H2,1-2H3. The molecule has 3 aromatic rings. The van der Waals surface area contributed by atoms with Gasteiger partial charge in [0.25, 0.3) is 0 Å². The maximum Gasteiger partial charge on any atom is 0.135 e. The molecule has 0 saturated carbocycles. The molecule has 28 heavy (non-hydrogen) atoms. The van der Waals surface area contributed by atoms with Crippen LogP contribution in [0.1, 0.15) is 30.1 Å². The van der Waals surface area contributed by atoms with Crippen molar-refractivity contribution in [2.75, 3.05) is 25.1 Å². The van der Waals surface area contributed by atoms with Crippen molar-refractivity contribution in [1.82, 2.24) is 19.7 Å². The molecule has 4 rings (SSSR count). The summed E-state index contributed by atoms with van der Waals surface area (Å²) in [6.07, 6.45) is 7.19. The van der Waals surface area contributed by atoms with E-state index in [-0.39, 0.29) is 0 Å². The van der Waals surface area contributed by atoms with E-state index in [9.17, 15) is 5.26 Å². The van der Waals surface area contributed by atoms with Crippen molar-refractivity contribution in [2.45, 2.75) is 18.8 Å². The molecule has 0 radical (unpaired) electrons. The van der Waals surface area contributed by atoms with Crippen LogP contribution >= 0.6 is 0 Å². The summed E-state index contributed by atoms with van der Waals surface area (Å²) in [5.41, 5.74) is 3.49. The van der Waals surface area contributed by atoms with E-state index in [0.717, 1.165) is 54.3 Å². The van der Waals surface area contributed by atoms with Gasteiger partial charge in [-0.2, -0.15) is 5.26 Å². The Balaban J connectivity index is 1.69. The number of aryl methyl sites for hydroxylation is 1. The van der Waals surface area contributed by atoms with Crippen molar-refractivity contribution in [1.29, 1.82) is 5.26 Å². The lowest BCUT2D eigenvalue weighted by Gasteiger charge is -2.35. The Bertz CT molecular complexity index is 1010. The maximum atomic E-state index is 9.74. The second-order valence-electron chi connectivity index (χ2n) is 6.95. The molecule has 1 aliphatic rings. The average Bonchev–Trinajstić information content (AvgIpc) is 3.19. The van der Waals surface area contributed by atoms with E-state index in [1.807, 2.05) is 35.9 Å². The highest BCUT2D eigenvalue weighted by Crippen LogP contribution is 2.40. The fourth-order valence-corrected chi connectivity index (χ4v) is 3.98. The zero-order valence-electron chi connectivity index (χ0n) is 16.0. The van der Waals surface area contributed by atoms with Gasteiger partial charge in [-0.15, -0.1) is 10.2 Å². The van der Waals surface area contributed by atoms with Gasteiger partial charge in [-0.3, -0.25) is 4.98 Å². The van der Waals surface area contributed by atoms with Gasteiger partial charge in [0.05, 0.1) is 18.4 Å². The zero-order valence-corrected chi connectivity index (χ0v) is 16.0. The highest BCUT2D eigenvalue weighted by molar-refractivity contribution is 5.85. The number of anilines is 1. The lowest BCUT2D eigenvalue weighted by atomic mass is 9.93. The van der Waals surface area contributed by atoms with Crippen molar-refractivity contribution >= 4 is 5.69 Å². The fraction of sp³-hybridized carbons (Fsp3) is 0.333. The number of rotatable bonds is 4. The molecule has 1 saturated heterocycles. The summed E-state index contributed by atoms with van der Waals surface area (Å²) in [6, 6.07) is 10.0. The molecule has 1 aromatic carbocycles. The molecule has 1 aliphatic heterocycles. The Hall–Kier alpha value is -3.40. The third kappa shape index (κ3) is 3.18. The van der Waals surface area contributed by atoms with E-state index in [1.165, 1.54) is 0 Å². The number of para-hydroxylation sites is 1. The van der Waals surface area contributed by atoms with Crippen LogP contribution in [-0.4, -0.2) is 39.9 Å². The van der Waals surface area contributed by atoms with Gasteiger partial charge in [0.1, 0.15) is 24.0 Å². The molecule has 0 aliphatic carbocycles. The van der Waals surface area contributed by atoms with Crippen LogP contribution in [0.2, 0.25) is 0 Å². The molecule has 142 valence electrons. The Labute approximate surface area is 164 Å². The summed E-state index contributed by atoms with van der Waals surface area (Å²) in [4.78, 5) is 6.57. The zero-order chi connectivity index (χ0) is 19.5. The number of ether oxygens (including phenoxy) is 1. The van der Waals surface area contributed by atoms with E-state index >= 15 is 0 Å². The molecule has 0 bridgehead atoms. The van der Waals surface area contributed by atoms with Crippen molar-refractivity contribution in [3.05, 3.63) is 54.4 Å². The van der Waals surface area contributed by atoms with Gasteiger partial charge in [-0.05, 0) is 25.0 Å². The van der Waals surface area contributed by atoms with Gasteiger partial charge < -0.3 is 14.2 Å². The Morgan fingerprint density at radius 1 is 1.18 bits per heavy atom. The van der Waals surface area contributed by atoms with E-state index in [0.29, 0.717) is 11.5 Å². The van der Waals surface area contributed by atoms with Crippen LogP contribution in [0, 0.1) is 11.3 Å². The van der Waals surface area contributed by atoms with Crippen molar-refractivity contribution in [3.63, 3.8) is 0 Å². The summed E-state index contributed by atoms with van der Waals surface area (Å²) < 4.78 is 7.53. The van der Waals surface area contributed by atoms with Gasteiger partial charge >= 0.3 is 0 Å². The highest BCUT2D eigenvalue weighted by Gasteiger charge is 2.27. The van der Waals surface area contributed by atoms with Gasteiger partial charge in [0, 0.05) is 49.6 Å². The third-order valence-corrected chi connectivity index (χ3v) is 5.37. The minimum Gasteiger partial charge on any atom is -0.496 e. The molecular weight excluding hydrogens is 352 g/mol. The number of piperidine rings is 1. The summed E-state index contributed by atoms with van der Waals surface area (Å²) >= 11 is 0. The maximum absolute atomic E-state index is 9.74. The molecule has 2 aromatic heterocycles. The summed E-state index contributed by atoms with van der Waals surface area (Å²) in [6.45, 7) is 1.71. The fourth-order valence-electron chi connectivity index (χ4n) is 3.98. The summed E-state index contributed by atoms with van der Waals surface area (Å²) in [7, 11) is 3.64. The van der Waals surface area contributed by atoms with Gasteiger partial charge in [0.2, 0.25) is 0 Å². The smallest absolute Gasteiger partial charge is 0.135 e. The van der Waals surface area contributed by atoms with E-state index in [2.05, 4.69) is 26.2 Å². The second-order valence-corrected chi connectivity index (χ2v) is 6.95. The van der Waals surface area contributed by atoms with Gasteiger partial charge in [0.15, 0.2) is 0 Å². The lowest BCUT2D eigenvalue weighted by molar-refractivity contribution is 0.416. The first-order valence-electron chi connectivity index (χ1n) is 9.33. The number of methoxy groups -OCH3 is 1. The Kier molecular flexibility index (Phi) is 4.94. The van der Waals surface area contributed by atoms with Gasteiger partial charge in [-0.1, -0.05) is 12.1 Å². The molecule has 0 atom stereocenters. The Morgan fingerprint density at radius 3 is 2.68 bits per heavy atom. The van der Waals surface area contributed by atoms with Crippen LogP contribution < -0.4 is 9.64 Å². The first-order valence-corrected chi connectivity index (χ1v) is 9.33. The highest BCUT2D eigenvalue weighted by atomic mass is 16.5. The number of benzene rings is 1. The molecule has 0 N–H and O–H groups in total. The average molecular weight is 374 g/mol. The van der Waals surface area contributed by atoms with Gasteiger partial charge in [-0.25, -0.2) is 0 Å². The molecule has 0 unspecified atom stereocenters. The van der Waals surface area contributed by atoms with Crippen LogP contribution in [0.4, 0.5) is 5.69 Å². The topological polar surface area (TPSA) is 79.9 Å². The number of hydrogen-bond donors (Lipinski definition) is 0.